The van der Waals surface area contributed by atoms with Crippen LogP contribution >= 0.6 is 0 Å². The minimum Gasteiger partial charge on any atom is -0.497 e. The van der Waals surface area contributed by atoms with Gasteiger partial charge in [-0.2, -0.15) is 0 Å². The molecule has 2 aliphatic rings. The summed E-state index contributed by atoms with van der Waals surface area (Å²) in [7, 11) is 0.0387. The lowest BCUT2D eigenvalue weighted by molar-refractivity contribution is -0.130. The second-order valence-corrected chi connectivity index (χ2v) is 9.13. The lowest BCUT2D eigenvalue weighted by Gasteiger charge is -2.23. The normalized spacial score (nSPS) is 24.1. The molecule has 27 heavy (non-hydrogen) atoms. The number of likely N-dealkylation sites (tertiary alicyclic amines) is 1. The molecule has 0 aromatic heterocycles. The number of carbonyl (C=O) groups is 2. The Hall–Kier alpha value is -2.29. The molecule has 2 heterocycles. The molecule has 1 aromatic carbocycles. The molecule has 0 bridgehead atoms. The lowest BCUT2D eigenvalue weighted by atomic mass is 10.1. The number of nitrogens with zero attached hydrogens (tertiary/aromatic N) is 1. The minimum absolute atomic E-state index is 0.00587. The molecular weight excluding hydrogens is 372 g/mol. The van der Waals surface area contributed by atoms with E-state index in [1.165, 1.54) is 0 Å². The molecule has 9 heteroatoms. The van der Waals surface area contributed by atoms with E-state index >= 15 is 0 Å². The van der Waals surface area contributed by atoms with E-state index in [4.69, 9.17) is 9.47 Å². The van der Waals surface area contributed by atoms with Crippen LogP contribution in [0.4, 0.5) is 0 Å². The number of sulfone groups is 1. The van der Waals surface area contributed by atoms with Crippen LogP contribution in [0.1, 0.15) is 18.4 Å². The van der Waals surface area contributed by atoms with Gasteiger partial charge in [-0.1, -0.05) is 0 Å². The Kier molecular flexibility index (Phi) is 5.59. The van der Waals surface area contributed by atoms with Crippen molar-refractivity contribution >= 4 is 21.7 Å². The first-order valence-corrected chi connectivity index (χ1v) is 10.6. The minimum atomic E-state index is -3.07. The Bertz CT molecular complexity index is 838. The third kappa shape index (κ3) is 4.35. The molecule has 2 aliphatic heterocycles. The lowest BCUT2D eigenvalue weighted by Crippen LogP contribution is -2.39. The largest absolute Gasteiger partial charge is 0.497 e. The number of methoxy groups -OCH3 is 2. The van der Waals surface area contributed by atoms with Crippen LogP contribution in [0.25, 0.3) is 0 Å². The van der Waals surface area contributed by atoms with Gasteiger partial charge in [0.2, 0.25) is 11.8 Å². The van der Waals surface area contributed by atoms with Crippen molar-refractivity contribution in [3.05, 3.63) is 23.8 Å². The van der Waals surface area contributed by atoms with Gasteiger partial charge in [0.25, 0.3) is 0 Å². The van der Waals surface area contributed by atoms with Gasteiger partial charge in [-0.3, -0.25) is 9.59 Å². The van der Waals surface area contributed by atoms with E-state index in [0.29, 0.717) is 17.9 Å². The molecule has 1 aromatic rings. The molecule has 0 spiro atoms. The van der Waals surface area contributed by atoms with Gasteiger partial charge in [0.15, 0.2) is 9.84 Å². The highest BCUT2D eigenvalue weighted by molar-refractivity contribution is 7.91. The van der Waals surface area contributed by atoms with Crippen molar-refractivity contribution in [2.45, 2.75) is 25.4 Å². The second-order valence-electron chi connectivity index (χ2n) is 6.90. The van der Waals surface area contributed by atoms with Crippen LogP contribution in [-0.4, -0.2) is 63.4 Å². The van der Waals surface area contributed by atoms with Crippen molar-refractivity contribution in [1.82, 2.24) is 10.2 Å². The Morgan fingerprint density at radius 1 is 1.30 bits per heavy atom. The first kappa shape index (κ1) is 19.5. The van der Waals surface area contributed by atoms with E-state index in [9.17, 15) is 18.0 Å². The van der Waals surface area contributed by atoms with E-state index in [1.54, 1.807) is 37.3 Å². The summed E-state index contributed by atoms with van der Waals surface area (Å²) in [4.78, 5) is 26.3. The average Bonchev–Trinajstić information content (AvgIpc) is 3.21. The number of nitrogens with one attached hydrogen (secondary N) is 1. The standard InChI is InChI=1S/C18H24N2O6S/c1-25-15-3-4-16(26-2)12(7-15)9-19-18(22)13-8-17(21)20(10-13)14-5-6-27(23,24)11-14/h3-4,7,13-14H,5-6,8-11H2,1-2H3,(H,19,22). The number of carbonyl (C=O) groups excluding carboxylic acids is 2. The molecule has 2 amide bonds. The fraction of sp³-hybridized carbons (Fsp3) is 0.556. The van der Waals surface area contributed by atoms with Crippen LogP contribution in [0.15, 0.2) is 18.2 Å². The summed E-state index contributed by atoms with van der Waals surface area (Å²) >= 11 is 0. The molecule has 2 fully saturated rings. The van der Waals surface area contributed by atoms with Crippen molar-refractivity contribution in [3.63, 3.8) is 0 Å². The van der Waals surface area contributed by atoms with Crippen molar-refractivity contribution in [1.29, 1.82) is 0 Å². The maximum Gasteiger partial charge on any atom is 0.225 e. The van der Waals surface area contributed by atoms with Gasteiger partial charge < -0.3 is 19.7 Å². The molecule has 0 radical (unpaired) electrons. The van der Waals surface area contributed by atoms with Gasteiger partial charge in [0.05, 0.1) is 31.6 Å². The predicted molar refractivity (Wildman–Crippen MR) is 98.3 cm³/mol. The van der Waals surface area contributed by atoms with Crippen LogP contribution in [0.5, 0.6) is 11.5 Å². The van der Waals surface area contributed by atoms with Crippen molar-refractivity contribution in [2.24, 2.45) is 5.92 Å². The van der Waals surface area contributed by atoms with Gasteiger partial charge in [-0.05, 0) is 24.6 Å². The molecule has 0 aliphatic carbocycles. The molecule has 2 saturated heterocycles. The number of benzene rings is 1. The molecule has 3 rings (SSSR count). The zero-order chi connectivity index (χ0) is 19.6. The van der Waals surface area contributed by atoms with E-state index in [-0.39, 0.29) is 48.9 Å². The molecule has 2 unspecified atom stereocenters. The number of rotatable bonds is 6. The fourth-order valence-electron chi connectivity index (χ4n) is 3.63. The average molecular weight is 396 g/mol. The zero-order valence-electron chi connectivity index (χ0n) is 15.4. The summed E-state index contributed by atoms with van der Waals surface area (Å²) in [5.74, 6) is 0.536. The maximum absolute atomic E-state index is 12.5. The van der Waals surface area contributed by atoms with Crippen LogP contribution in [0, 0.1) is 5.92 Å². The highest BCUT2D eigenvalue weighted by Gasteiger charge is 2.41. The number of amides is 2. The Balaban J connectivity index is 1.60. The highest BCUT2D eigenvalue weighted by Crippen LogP contribution is 2.27. The molecule has 0 saturated carbocycles. The Labute approximate surface area is 158 Å². The van der Waals surface area contributed by atoms with Crippen molar-refractivity contribution in [2.75, 3.05) is 32.3 Å². The van der Waals surface area contributed by atoms with E-state index in [2.05, 4.69) is 5.32 Å². The molecular formula is C18H24N2O6S. The second kappa shape index (κ2) is 7.75. The molecule has 1 N–H and O–H groups in total. The number of ether oxygens (including phenoxy) is 2. The summed E-state index contributed by atoms with van der Waals surface area (Å²) in [5, 5.41) is 2.84. The van der Waals surface area contributed by atoms with Crippen molar-refractivity contribution in [3.8, 4) is 11.5 Å². The maximum atomic E-state index is 12.5. The van der Waals surface area contributed by atoms with Crippen molar-refractivity contribution < 1.29 is 27.5 Å². The predicted octanol–water partition coefficient (Wildman–Crippen LogP) is 0.356. The number of hydrogen-bond donors (Lipinski definition) is 1. The van der Waals surface area contributed by atoms with Gasteiger partial charge in [0, 0.05) is 31.1 Å². The van der Waals surface area contributed by atoms with Gasteiger partial charge >= 0.3 is 0 Å². The summed E-state index contributed by atoms with van der Waals surface area (Å²) in [5.41, 5.74) is 0.772. The van der Waals surface area contributed by atoms with E-state index in [1.807, 2.05) is 0 Å². The van der Waals surface area contributed by atoms with E-state index in [0.717, 1.165) is 5.56 Å². The Morgan fingerprint density at radius 3 is 2.70 bits per heavy atom. The SMILES string of the molecule is COc1ccc(OC)c(CNC(=O)C2CC(=O)N(C3CCS(=O)(=O)C3)C2)c1. The van der Waals surface area contributed by atoms with Crippen LogP contribution in [-0.2, 0) is 26.0 Å². The van der Waals surface area contributed by atoms with Crippen LogP contribution < -0.4 is 14.8 Å². The fourth-order valence-corrected chi connectivity index (χ4v) is 5.36. The molecule has 148 valence electrons. The van der Waals surface area contributed by atoms with Gasteiger partial charge in [-0.15, -0.1) is 0 Å². The first-order chi connectivity index (χ1) is 12.8. The highest BCUT2D eigenvalue weighted by atomic mass is 32.2. The molecule has 2 atom stereocenters. The smallest absolute Gasteiger partial charge is 0.225 e. The third-order valence-electron chi connectivity index (χ3n) is 5.12. The zero-order valence-corrected chi connectivity index (χ0v) is 16.3. The van der Waals surface area contributed by atoms with E-state index < -0.39 is 15.8 Å². The monoisotopic (exact) mass is 396 g/mol. The van der Waals surface area contributed by atoms with Crippen LogP contribution in [0.2, 0.25) is 0 Å². The first-order valence-electron chi connectivity index (χ1n) is 8.81. The van der Waals surface area contributed by atoms with Crippen LogP contribution in [0.3, 0.4) is 0 Å². The molecule has 8 nitrogen and oxygen atoms in total. The quantitative estimate of drug-likeness (QED) is 0.745. The van der Waals surface area contributed by atoms with Gasteiger partial charge in [0.1, 0.15) is 11.5 Å². The summed E-state index contributed by atoms with van der Waals surface area (Å²) in [6.45, 7) is 0.516. The van der Waals surface area contributed by atoms with Gasteiger partial charge in [-0.25, -0.2) is 8.42 Å². The Morgan fingerprint density at radius 2 is 2.07 bits per heavy atom. The topological polar surface area (TPSA) is 102 Å². The summed E-state index contributed by atoms with van der Waals surface area (Å²) in [6, 6.07) is 5.02. The third-order valence-corrected chi connectivity index (χ3v) is 6.87. The summed E-state index contributed by atoms with van der Waals surface area (Å²) < 4.78 is 33.8. The summed E-state index contributed by atoms with van der Waals surface area (Å²) in [6.07, 6.45) is 0.557. The number of hydrogen-bond acceptors (Lipinski definition) is 6.